The summed E-state index contributed by atoms with van der Waals surface area (Å²) in [7, 11) is 1.62. The number of aliphatic hydroxyl groups excluding tert-OH is 1. The van der Waals surface area contributed by atoms with Gasteiger partial charge in [0.15, 0.2) is 0 Å². The smallest absolute Gasteiger partial charge is 0.251 e. The van der Waals surface area contributed by atoms with Crippen LogP contribution in [-0.4, -0.2) is 37.8 Å². The third kappa shape index (κ3) is 2.98. The second-order valence-corrected chi connectivity index (χ2v) is 4.97. The van der Waals surface area contributed by atoms with E-state index in [1.54, 1.807) is 19.2 Å². The maximum Gasteiger partial charge on any atom is 0.251 e. The van der Waals surface area contributed by atoms with Gasteiger partial charge in [0.25, 0.3) is 5.91 Å². The monoisotopic (exact) mass is 263 g/mol. The van der Waals surface area contributed by atoms with Crippen molar-refractivity contribution in [1.82, 2.24) is 5.32 Å². The number of amides is 1. The minimum atomic E-state index is -0.104. The summed E-state index contributed by atoms with van der Waals surface area (Å²) >= 11 is 0. The maximum absolute atomic E-state index is 11.7. The van der Waals surface area contributed by atoms with Crippen molar-refractivity contribution in [2.45, 2.75) is 12.8 Å². The molecule has 1 heterocycles. The summed E-state index contributed by atoms with van der Waals surface area (Å²) in [6.07, 6.45) is 1.88. The van der Waals surface area contributed by atoms with Crippen molar-refractivity contribution in [2.75, 3.05) is 37.4 Å². The topological polar surface area (TPSA) is 78.6 Å². The number of hydrogen-bond acceptors (Lipinski definition) is 4. The number of anilines is 2. The number of hydrogen-bond donors (Lipinski definition) is 3. The Morgan fingerprint density at radius 2 is 2.37 bits per heavy atom. The molecule has 19 heavy (non-hydrogen) atoms. The molecule has 0 bridgehead atoms. The molecular formula is C14H21N3O2. The quantitative estimate of drug-likeness (QED) is 0.703. The highest BCUT2D eigenvalue weighted by molar-refractivity contribution is 5.96. The zero-order chi connectivity index (χ0) is 13.8. The van der Waals surface area contributed by atoms with Crippen LogP contribution in [0.3, 0.4) is 0 Å². The Balaban J connectivity index is 2.18. The van der Waals surface area contributed by atoms with Crippen LogP contribution in [-0.2, 0) is 0 Å². The highest BCUT2D eigenvalue weighted by atomic mass is 16.3. The first-order valence-corrected chi connectivity index (χ1v) is 6.63. The van der Waals surface area contributed by atoms with Gasteiger partial charge in [0.2, 0.25) is 0 Å². The molecule has 0 aliphatic carbocycles. The summed E-state index contributed by atoms with van der Waals surface area (Å²) < 4.78 is 0. The zero-order valence-electron chi connectivity index (χ0n) is 11.2. The van der Waals surface area contributed by atoms with Crippen LogP contribution in [0.15, 0.2) is 18.2 Å². The highest BCUT2D eigenvalue weighted by Crippen LogP contribution is 2.30. The number of carbonyl (C=O) groups is 1. The zero-order valence-corrected chi connectivity index (χ0v) is 11.2. The Labute approximate surface area is 113 Å². The summed E-state index contributed by atoms with van der Waals surface area (Å²) in [5.41, 5.74) is 8.24. The van der Waals surface area contributed by atoms with Crippen LogP contribution in [0.2, 0.25) is 0 Å². The number of nitrogens with two attached hydrogens (primary N) is 1. The summed E-state index contributed by atoms with van der Waals surface area (Å²) in [6, 6.07) is 5.35. The van der Waals surface area contributed by atoms with Crippen LogP contribution in [0.5, 0.6) is 0 Å². The molecule has 1 aromatic rings. The van der Waals surface area contributed by atoms with Gasteiger partial charge >= 0.3 is 0 Å². The fourth-order valence-corrected chi connectivity index (χ4v) is 2.57. The van der Waals surface area contributed by atoms with Crippen molar-refractivity contribution < 1.29 is 9.90 Å². The van der Waals surface area contributed by atoms with E-state index in [0.29, 0.717) is 17.2 Å². The Morgan fingerprint density at radius 3 is 3.05 bits per heavy atom. The van der Waals surface area contributed by atoms with Crippen molar-refractivity contribution in [1.29, 1.82) is 0 Å². The van der Waals surface area contributed by atoms with E-state index >= 15 is 0 Å². The average molecular weight is 263 g/mol. The third-order valence-corrected chi connectivity index (χ3v) is 3.68. The Bertz CT molecular complexity index is 462. The van der Waals surface area contributed by atoms with Crippen LogP contribution in [0.1, 0.15) is 23.2 Å². The molecule has 1 aliphatic rings. The van der Waals surface area contributed by atoms with Crippen molar-refractivity contribution in [3.05, 3.63) is 23.8 Å². The van der Waals surface area contributed by atoms with Crippen molar-refractivity contribution in [3.63, 3.8) is 0 Å². The number of nitrogens with zero attached hydrogens (tertiary/aromatic N) is 1. The van der Waals surface area contributed by atoms with Crippen LogP contribution >= 0.6 is 0 Å². The number of nitrogen functional groups attached to an aromatic ring is 1. The van der Waals surface area contributed by atoms with E-state index in [4.69, 9.17) is 10.8 Å². The van der Waals surface area contributed by atoms with E-state index in [1.165, 1.54) is 0 Å². The maximum atomic E-state index is 11.7. The van der Waals surface area contributed by atoms with Crippen LogP contribution < -0.4 is 16.0 Å². The molecule has 0 spiro atoms. The minimum Gasteiger partial charge on any atom is -0.397 e. The first-order chi connectivity index (χ1) is 9.15. The number of benzene rings is 1. The summed E-state index contributed by atoms with van der Waals surface area (Å²) in [5.74, 6) is 0.403. The molecule has 5 heteroatoms. The lowest BCUT2D eigenvalue weighted by molar-refractivity contribution is 0.0963. The molecule has 4 N–H and O–H groups in total. The van der Waals surface area contributed by atoms with Crippen LogP contribution in [0, 0.1) is 5.92 Å². The van der Waals surface area contributed by atoms with E-state index in [-0.39, 0.29) is 12.5 Å². The molecule has 0 radical (unpaired) electrons. The minimum absolute atomic E-state index is 0.104. The van der Waals surface area contributed by atoms with Crippen molar-refractivity contribution >= 4 is 17.3 Å². The first-order valence-electron chi connectivity index (χ1n) is 6.63. The van der Waals surface area contributed by atoms with Crippen molar-refractivity contribution in [2.24, 2.45) is 5.92 Å². The molecule has 0 saturated carbocycles. The molecule has 1 unspecified atom stereocenters. The Morgan fingerprint density at radius 1 is 1.58 bits per heavy atom. The van der Waals surface area contributed by atoms with Crippen LogP contribution in [0.4, 0.5) is 11.4 Å². The Kier molecular flexibility index (Phi) is 4.27. The lowest BCUT2D eigenvalue weighted by Crippen LogP contribution is -2.23. The molecule has 1 aromatic carbocycles. The summed E-state index contributed by atoms with van der Waals surface area (Å²) in [4.78, 5) is 13.9. The largest absolute Gasteiger partial charge is 0.397 e. The predicted octanol–water partition coefficient (Wildman–Crippen LogP) is 0.837. The molecule has 1 fully saturated rings. The lowest BCUT2D eigenvalue weighted by atomic mass is 10.1. The highest BCUT2D eigenvalue weighted by Gasteiger charge is 2.24. The average Bonchev–Trinajstić information content (AvgIpc) is 2.87. The van der Waals surface area contributed by atoms with E-state index in [9.17, 15) is 4.79 Å². The van der Waals surface area contributed by atoms with E-state index in [2.05, 4.69) is 10.2 Å². The van der Waals surface area contributed by atoms with E-state index in [0.717, 1.165) is 31.6 Å². The fourth-order valence-electron chi connectivity index (χ4n) is 2.57. The second-order valence-electron chi connectivity index (χ2n) is 4.97. The first kappa shape index (κ1) is 13.7. The summed E-state index contributed by atoms with van der Waals surface area (Å²) in [5, 5.41) is 11.6. The van der Waals surface area contributed by atoms with Crippen LogP contribution in [0.25, 0.3) is 0 Å². The Hall–Kier alpha value is -1.75. The van der Waals surface area contributed by atoms with Gasteiger partial charge in [0.05, 0.1) is 11.4 Å². The molecule has 104 valence electrons. The standard InChI is InChI=1S/C14H21N3O2/c1-16-14(19)11-2-3-12(15)13(8-11)17-6-4-10(9-17)5-7-18/h2-3,8,10,18H,4-7,9,15H2,1H3,(H,16,19). The van der Waals surface area contributed by atoms with Gasteiger partial charge in [-0.25, -0.2) is 0 Å². The SMILES string of the molecule is CNC(=O)c1ccc(N)c(N2CCC(CCO)C2)c1. The fraction of sp³-hybridized carbons (Fsp3) is 0.500. The van der Waals surface area contributed by atoms with E-state index < -0.39 is 0 Å². The number of carbonyl (C=O) groups excluding carboxylic acids is 1. The number of nitrogens with one attached hydrogen (secondary N) is 1. The number of aliphatic hydroxyl groups is 1. The van der Waals surface area contributed by atoms with E-state index in [1.807, 2.05) is 6.07 Å². The molecule has 1 amide bonds. The van der Waals surface area contributed by atoms with Crippen molar-refractivity contribution in [3.8, 4) is 0 Å². The molecule has 1 aliphatic heterocycles. The molecule has 1 atom stereocenters. The van der Waals surface area contributed by atoms with Gasteiger partial charge in [0, 0.05) is 32.3 Å². The second kappa shape index (κ2) is 5.93. The van der Waals surface area contributed by atoms with Gasteiger partial charge in [-0.1, -0.05) is 0 Å². The van der Waals surface area contributed by atoms with Gasteiger partial charge in [0.1, 0.15) is 0 Å². The van der Waals surface area contributed by atoms with Gasteiger partial charge < -0.3 is 21.1 Å². The molecule has 5 nitrogen and oxygen atoms in total. The number of rotatable bonds is 4. The lowest BCUT2D eigenvalue weighted by Gasteiger charge is -2.21. The summed E-state index contributed by atoms with van der Waals surface area (Å²) in [6.45, 7) is 2.04. The van der Waals surface area contributed by atoms with Gasteiger partial charge in [-0.3, -0.25) is 4.79 Å². The molecular weight excluding hydrogens is 242 g/mol. The van der Waals surface area contributed by atoms with Gasteiger partial charge in [-0.05, 0) is 37.0 Å². The molecule has 0 aromatic heterocycles. The normalized spacial score (nSPS) is 18.6. The third-order valence-electron chi connectivity index (χ3n) is 3.68. The molecule has 1 saturated heterocycles. The molecule has 2 rings (SSSR count). The predicted molar refractivity (Wildman–Crippen MR) is 76.3 cm³/mol. The van der Waals surface area contributed by atoms with Gasteiger partial charge in [-0.15, -0.1) is 0 Å². The van der Waals surface area contributed by atoms with Gasteiger partial charge in [-0.2, -0.15) is 0 Å².